The first-order chi connectivity index (χ1) is 10.9. The Kier molecular flexibility index (Phi) is 5.90. The molecule has 4 N–H and O–H groups in total. The van der Waals surface area contributed by atoms with E-state index in [4.69, 9.17) is 9.47 Å². The maximum Gasteiger partial charge on any atom is 0.197 e. The standard InChI is InChI=1S/C14H24N2O6S/c1-9(11-15-13(3-17,4-18)7-21-11)23-10(2)12-16-14(5-19,6-20)8-22-12/h9-10,17-20H,3-8H2,1-2H3. The molecule has 2 aliphatic heterocycles. The minimum atomic E-state index is -0.961. The van der Waals surface area contributed by atoms with E-state index in [0.717, 1.165) is 0 Å². The maximum absolute atomic E-state index is 9.34. The van der Waals surface area contributed by atoms with E-state index in [1.54, 1.807) is 0 Å². The van der Waals surface area contributed by atoms with Gasteiger partial charge < -0.3 is 29.9 Å². The molecule has 9 heteroatoms. The van der Waals surface area contributed by atoms with Crippen LogP contribution in [0.3, 0.4) is 0 Å². The van der Waals surface area contributed by atoms with Crippen LogP contribution in [0.5, 0.6) is 0 Å². The van der Waals surface area contributed by atoms with Gasteiger partial charge in [0.15, 0.2) is 11.8 Å². The smallest absolute Gasteiger partial charge is 0.197 e. The van der Waals surface area contributed by atoms with Gasteiger partial charge in [-0.3, -0.25) is 0 Å². The number of aliphatic imine (C=N–C) groups is 2. The second-order valence-corrected chi connectivity index (χ2v) is 7.67. The van der Waals surface area contributed by atoms with Gasteiger partial charge >= 0.3 is 0 Å². The number of hydrogen-bond donors (Lipinski definition) is 4. The van der Waals surface area contributed by atoms with Crippen molar-refractivity contribution in [3.63, 3.8) is 0 Å². The van der Waals surface area contributed by atoms with Crippen LogP contribution in [0.25, 0.3) is 0 Å². The first-order valence-corrected chi connectivity index (χ1v) is 8.41. The second kappa shape index (κ2) is 7.35. The molecule has 0 amide bonds. The van der Waals surface area contributed by atoms with E-state index in [-0.39, 0.29) is 50.1 Å². The Hall–Kier alpha value is -0.870. The van der Waals surface area contributed by atoms with E-state index in [1.807, 2.05) is 13.8 Å². The summed E-state index contributed by atoms with van der Waals surface area (Å²) < 4.78 is 11.0. The van der Waals surface area contributed by atoms with Crippen molar-refractivity contribution >= 4 is 23.6 Å². The van der Waals surface area contributed by atoms with Crippen molar-refractivity contribution in [1.82, 2.24) is 0 Å². The number of aliphatic hydroxyl groups excluding tert-OH is 4. The van der Waals surface area contributed by atoms with Crippen LogP contribution in [0.15, 0.2) is 9.98 Å². The third-order valence-electron chi connectivity index (χ3n) is 3.95. The van der Waals surface area contributed by atoms with Gasteiger partial charge in [0.1, 0.15) is 24.3 Å². The number of thioether (sulfide) groups is 1. The zero-order valence-corrected chi connectivity index (χ0v) is 14.1. The van der Waals surface area contributed by atoms with Crippen LogP contribution in [-0.2, 0) is 9.47 Å². The van der Waals surface area contributed by atoms with Crippen LogP contribution < -0.4 is 0 Å². The zero-order chi connectivity index (χ0) is 17.1. The SMILES string of the molecule is CC(SC(C)C1=NC(CO)(CO)CO1)C1=NC(CO)(CO)CO1. The Balaban J connectivity index is 2.00. The summed E-state index contributed by atoms with van der Waals surface area (Å²) in [5.41, 5.74) is -1.92. The summed E-state index contributed by atoms with van der Waals surface area (Å²) in [5.74, 6) is 0.943. The number of ether oxygens (including phenoxy) is 2. The zero-order valence-electron chi connectivity index (χ0n) is 13.3. The summed E-state index contributed by atoms with van der Waals surface area (Å²) >= 11 is 1.50. The molecule has 0 aliphatic carbocycles. The Morgan fingerprint density at radius 1 is 0.870 bits per heavy atom. The topological polar surface area (TPSA) is 124 Å². The molecule has 2 aliphatic rings. The van der Waals surface area contributed by atoms with Gasteiger partial charge in [-0.1, -0.05) is 0 Å². The van der Waals surface area contributed by atoms with Gasteiger partial charge in [0.05, 0.1) is 36.9 Å². The minimum absolute atomic E-state index is 0.116. The van der Waals surface area contributed by atoms with E-state index in [1.165, 1.54) is 11.8 Å². The number of nitrogens with zero attached hydrogens (tertiary/aromatic N) is 2. The fraction of sp³-hybridized carbons (Fsp3) is 0.857. The van der Waals surface area contributed by atoms with Crippen LogP contribution in [0.2, 0.25) is 0 Å². The van der Waals surface area contributed by atoms with Crippen molar-refractivity contribution in [2.45, 2.75) is 35.4 Å². The largest absolute Gasteiger partial charge is 0.477 e. The molecule has 0 saturated carbocycles. The Morgan fingerprint density at radius 3 is 1.48 bits per heavy atom. The lowest BCUT2D eigenvalue weighted by atomic mass is 10.1. The fourth-order valence-corrected chi connectivity index (χ4v) is 3.36. The van der Waals surface area contributed by atoms with Gasteiger partial charge in [0.25, 0.3) is 0 Å². The highest BCUT2D eigenvalue weighted by Gasteiger charge is 2.40. The molecule has 2 atom stereocenters. The van der Waals surface area contributed by atoms with Crippen LogP contribution in [0.1, 0.15) is 13.8 Å². The highest BCUT2D eigenvalue weighted by Crippen LogP contribution is 2.29. The fourth-order valence-electron chi connectivity index (χ4n) is 2.28. The molecule has 2 rings (SSSR count). The lowest BCUT2D eigenvalue weighted by Crippen LogP contribution is -2.37. The molecule has 0 aromatic heterocycles. The molecule has 0 saturated heterocycles. The monoisotopic (exact) mass is 348 g/mol. The summed E-state index contributed by atoms with van der Waals surface area (Å²) in [5, 5.41) is 37.1. The van der Waals surface area contributed by atoms with Gasteiger partial charge in [0.2, 0.25) is 0 Å². The third kappa shape index (κ3) is 3.80. The lowest BCUT2D eigenvalue weighted by Gasteiger charge is -2.17. The normalized spacial score (nSPS) is 24.4. The predicted molar refractivity (Wildman–Crippen MR) is 87.1 cm³/mol. The second-order valence-electron chi connectivity index (χ2n) is 5.98. The third-order valence-corrected chi connectivity index (χ3v) is 5.17. The number of rotatable bonds is 8. The van der Waals surface area contributed by atoms with Gasteiger partial charge in [-0.15, -0.1) is 11.8 Å². The Bertz CT molecular complexity index is 434. The van der Waals surface area contributed by atoms with Crippen LogP contribution in [0, 0.1) is 0 Å². The molecule has 0 aromatic rings. The highest BCUT2D eigenvalue weighted by molar-refractivity contribution is 8.01. The van der Waals surface area contributed by atoms with Crippen molar-refractivity contribution < 1.29 is 29.9 Å². The van der Waals surface area contributed by atoms with Crippen molar-refractivity contribution in [2.75, 3.05) is 39.6 Å². The summed E-state index contributed by atoms with van der Waals surface area (Å²) in [6.45, 7) is 3.04. The van der Waals surface area contributed by atoms with E-state index >= 15 is 0 Å². The van der Waals surface area contributed by atoms with Crippen molar-refractivity contribution in [3.8, 4) is 0 Å². The van der Waals surface area contributed by atoms with E-state index in [9.17, 15) is 20.4 Å². The molecule has 23 heavy (non-hydrogen) atoms. The van der Waals surface area contributed by atoms with Gasteiger partial charge in [-0.25, -0.2) is 9.98 Å². The number of hydrogen-bond acceptors (Lipinski definition) is 9. The van der Waals surface area contributed by atoms with Crippen molar-refractivity contribution in [1.29, 1.82) is 0 Å². The molecule has 0 radical (unpaired) electrons. The first kappa shape index (κ1) is 18.5. The van der Waals surface area contributed by atoms with E-state index < -0.39 is 11.1 Å². The van der Waals surface area contributed by atoms with Crippen LogP contribution in [0.4, 0.5) is 0 Å². The highest BCUT2D eigenvalue weighted by atomic mass is 32.2. The molecule has 0 bridgehead atoms. The van der Waals surface area contributed by atoms with Gasteiger partial charge in [-0.05, 0) is 13.8 Å². The Morgan fingerprint density at radius 2 is 1.22 bits per heavy atom. The van der Waals surface area contributed by atoms with Gasteiger partial charge in [-0.2, -0.15) is 0 Å². The molecule has 132 valence electrons. The molecular formula is C14H24N2O6S. The molecule has 0 spiro atoms. The predicted octanol–water partition coefficient (Wildman–Crippen LogP) is -1.20. The molecular weight excluding hydrogens is 324 g/mol. The number of aliphatic hydroxyl groups is 4. The lowest BCUT2D eigenvalue weighted by molar-refractivity contribution is 0.0972. The maximum atomic E-state index is 9.34. The summed E-state index contributed by atoms with van der Waals surface area (Å²) in [6.07, 6.45) is 0. The van der Waals surface area contributed by atoms with Gasteiger partial charge in [0, 0.05) is 0 Å². The summed E-state index contributed by atoms with van der Waals surface area (Å²) in [4.78, 5) is 8.62. The summed E-state index contributed by atoms with van der Waals surface area (Å²) in [7, 11) is 0. The quantitative estimate of drug-likeness (QED) is 0.434. The molecule has 2 unspecified atom stereocenters. The average Bonchev–Trinajstić information content (AvgIpc) is 3.20. The minimum Gasteiger partial charge on any atom is -0.477 e. The van der Waals surface area contributed by atoms with E-state index in [2.05, 4.69) is 9.98 Å². The van der Waals surface area contributed by atoms with Crippen LogP contribution >= 0.6 is 11.8 Å². The first-order valence-electron chi connectivity index (χ1n) is 7.47. The Labute approximate surface area is 139 Å². The van der Waals surface area contributed by atoms with Crippen molar-refractivity contribution in [2.24, 2.45) is 9.98 Å². The van der Waals surface area contributed by atoms with Crippen LogP contribution in [-0.4, -0.2) is 93.4 Å². The average molecular weight is 348 g/mol. The molecule has 0 aromatic carbocycles. The molecule has 0 fully saturated rings. The summed E-state index contributed by atoms with van der Waals surface area (Å²) in [6, 6.07) is 0. The molecule has 2 heterocycles. The van der Waals surface area contributed by atoms with Crippen molar-refractivity contribution in [3.05, 3.63) is 0 Å². The molecule has 8 nitrogen and oxygen atoms in total. The van der Waals surface area contributed by atoms with E-state index in [0.29, 0.717) is 11.8 Å².